The molecule has 3 nitrogen and oxygen atoms in total. The summed E-state index contributed by atoms with van der Waals surface area (Å²) in [6.45, 7) is 5.21. The van der Waals surface area contributed by atoms with Crippen molar-refractivity contribution in [3.8, 4) is 0 Å². The molecule has 0 bridgehead atoms. The van der Waals surface area contributed by atoms with Crippen molar-refractivity contribution in [2.45, 2.75) is 26.4 Å². The van der Waals surface area contributed by atoms with Gasteiger partial charge in [0.25, 0.3) is 0 Å². The van der Waals surface area contributed by atoms with Gasteiger partial charge in [-0.15, -0.1) is 0 Å². The van der Waals surface area contributed by atoms with Crippen LogP contribution in [-0.2, 0) is 15.1 Å². The van der Waals surface area contributed by atoms with Crippen LogP contribution in [0.25, 0.3) is 0 Å². The number of ether oxygens (including phenoxy) is 1. The Bertz CT molecular complexity index is 410. The third-order valence-corrected chi connectivity index (χ3v) is 3.16. The molecule has 1 rings (SSSR count). The summed E-state index contributed by atoms with van der Waals surface area (Å²) in [5, 5.41) is 10.6. The molecule has 0 aliphatic rings. The SMILES string of the molecule is COC(=O)C(C(C)C)C(C)(O)c1ccc(F)cc1. The predicted octanol–water partition coefficient (Wildman–Crippen LogP) is 2.48. The first-order chi connectivity index (χ1) is 8.30. The molecule has 0 spiro atoms. The molecule has 0 fully saturated rings. The molecule has 1 N–H and O–H groups in total. The van der Waals surface area contributed by atoms with Gasteiger partial charge in [-0.25, -0.2) is 4.39 Å². The molecule has 1 aromatic rings. The van der Waals surface area contributed by atoms with E-state index in [4.69, 9.17) is 4.74 Å². The minimum atomic E-state index is -1.39. The van der Waals surface area contributed by atoms with Crippen LogP contribution in [0.5, 0.6) is 0 Å². The molecule has 0 aliphatic heterocycles. The molecular formula is C14H19FO3. The number of methoxy groups -OCH3 is 1. The van der Waals surface area contributed by atoms with Gasteiger partial charge < -0.3 is 9.84 Å². The third kappa shape index (κ3) is 2.88. The molecule has 100 valence electrons. The lowest BCUT2D eigenvalue weighted by Crippen LogP contribution is -2.41. The number of hydrogen-bond acceptors (Lipinski definition) is 3. The largest absolute Gasteiger partial charge is 0.469 e. The summed E-state index contributed by atoms with van der Waals surface area (Å²) in [7, 11) is 1.29. The number of hydrogen-bond donors (Lipinski definition) is 1. The van der Waals surface area contributed by atoms with E-state index < -0.39 is 17.5 Å². The second kappa shape index (κ2) is 5.48. The van der Waals surface area contributed by atoms with Crippen molar-refractivity contribution in [2.24, 2.45) is 11.8 Å². The highest BCUT2D eigenvalue weighted by Gasteiger charge is 2.41. The first-order valence-electron chi connectivity index (χ1n) is 5.87. The average molecular weight is 254 g/mol. The topological polar surface area (TPSA) is 46.5 Å². The van der Waals surface area contributed by atoms with Crippen molar-refractivity contribution in [1.29, 1.82) is 0 Å². The summed E-state index contributed by atoms with van der Waals surface area (Å²) in [5.41, 5.74) is -0.900. The van der Waals surface area contributed by atoms with Gasteiger partial charge in [0.1, 0.15) is 11.4 Å². The summed E-state index contributed by atoms with van der Waals surface area (Å²) in [6, 6.07) is 5.48. The molecular weight excluding hydrogens is 235 g/mol. The van der Waals surface area contributed by atoms with Crippen LogP contribution in [-0.4, -0.2) is 18.2 Å². The molecule has 0 saturated carbocycles. The number of rotatable bonds is 4. The number of carbonyl (C=O) groups excluding carboxylic acids is 1. The summed E-state index contributed by atoms with van der Waals surface area (Å²) in [5.74, 6) is -1.65. The number of carbonyl (C=O) groups is 1. The van der Waals surface area contributed by atoms with Crippen molar-refractivity contribution in [1.82, 2.24) is 0 Å². The van der Waals surface area contributed by atoms with Crippen molar-refractivity contribution in [3.05, 3.63) is 35.6 Å². The van der Waals surface area contributed by atoms with Gasteiger partial charge in [0, 0.05) is 0 Å². The first kappa shape index (κ1) is 14.6. The maximum absolute atomic E-state index is 12.9. The fourth-order valence-corrected chi connectivity index (χ4v) is 2.24. The van der Waals surface area contributed by atoms with Crippen molar-refractivity contribution >= 4 is 5.97 Å². The fraction of sp³-hybridized carbons (Fsp3) is 0.500. The van der Waals surface area contributed by atoms with Crippen LogP contribution >= 0.6 is 0 Å². The zero-order chi connectivity index (χ0) is 13.9. The van der Waals surface area contributed by atoms with Crippen LogP contribution in [0.4, 0.5) is 4.39 Å². The Labute approximate surface area is 107 Å². The van der Waals surface area contributed by atoms with Crippen molar-refractivity contribution < 1.29 is 19.0 Å². The van der Waals surface area contributed by atoms with Gasteiger partial charge in [0.2, 0.25) is 0 Å². The van der Waals surface area contributed by atoms with Gasteiger partial charge >= 0.3 is 5.97 Å². The molecule has 0 heterocycles. The second-order valence-corrected chi connectivity index (χ2v) is 4.90. The zero-order valence-electron chi connectivity index (χ0n) is 11.1. The smallest absolute Gasteiger partial charge is 0.312 e. The van der Waals surface area contributed by atoms with E-state index in [0.717, 1.165) is 0 Å². The Balaban J connectivity index is 3.16. The minimum absolute atomic E-state index is 0.0995. The number of aliphatic hydroxyl groups is 1. The van der Waals surface area contributed by atoms with Gasteiger partial charge in [0.05, 0.1) is 13.0 Å². The molecule has 0 saturated heterocycles. The van der Waals surface area contributed by atoms with Crippen LogP contribution in [0.3, 0.4) is 0 Å². The Hall–Kier alpha value is -1.42. The van der Waals surface area contributed by atoms with Crippen LogP contribution in [0.2, 0.25) is 0 Å². The summed E-state index contributed by atoms with van der Waals surface area (Å²) in [6.07, 6.45) is 0. The van der Waals surface area contributed by atoms with Crippen molar-refractivity contribution in [3.63, 3.8) is 0 Å². The molecule has 4 heteroatoms. The molecule has 0 radical (unpaired) electrons. The molecule has 0 aromatic heterocycles. The quantitative estimate of drug-likeness (QED) is 0.840. The molecule has 1 aromatic carbocycles. The van der Waals surface area contributed by atoms with Gasteiger partial charge in [-0.3, -0.25) is 4.79 Å². The predicted molar refractivity (Wildman–Crippen MR) is 66.3 cm³/mol. The maximum atomic E-state index is 12.9. The van der Waals surface area contributed by atoms with E-state index in [9.17, 15) is 14.3 Å². The zero-order valence-corrected chi connectivity index (χ0v) is 11.1. The summed E-state index contributed by atoms with van der Waals surface area (Å²) >= 11 is 0. The Morgan fingerprint density at radius 3 is 2.22 bits per heavy atom. The molecule has 2 unspecified atom stereocenters. The van der Waals surface area contributed by atoms with Gasteiger partial charge in [0.15, 0.2) is 0 Å². The fourth-order valence-electron chi connectivity index (χ4n) is 2.24. The highest BCUT2D eigenvalue weighted by Crippen LogP contribution is 2.35. The van der Waals surface area contributed by atoms with E-state index in [1.54, 1.807) is 6.92 Å². The Kier molecular flexibility index (Phi) is 4.46. The second-order valence-electron chi connectivity index (χ2n) is 4.90. The molecule has 0 aliphatic carbocycles. The third-order valence-electron chi connectivity index (χ3n) is 3.16. The maximum Gasteiger partial charge on any atom is 0.312 e. The highest BCUT2D eigenvalue weighted by molar-refractivity contribution is 5.74. The van der Waals surface area contributed by atoms with Crippen LogP contribution in [0, 0.1) is 17.7 Å². The number of halogens is 1. The van der Waals surface area contributed by atoms with E-state index in [0.29, 0.717) is 5.56 Å². The van der Waals surface area contributed by atoms with Crippen molar-refractivity contribution in [2.75, 3.05) is 7.11 Å². The van der Waals surface area contributed by atoms with E-state index >= 15 is 0 Å². The molecule has 18 heavy (non-hydrogen) atoms. The van der Waals surface area contributed by atoms with Gasteiger partial charge in [-0.1, -0.05) is 26.0 Å². The van der Waals surface area contributed by atoms with Gasteiger partial charge in [-0.05, 0) is 30.5 Å². The Morgan fingerprint density at radius 1 is 1.33 bits per heavy atom. The monoisotopic (exact) mass is 254 g/mol. The van der Waals surface area contributed by atoms with Gasteiger partial charge in [-0.2, -0.15) is 0 Å². The normalized spacial score (nSPS) is 16.2. The van der Waals surface area contributed by atoms with E-state index in [-0.39, 0.29) is 11.7 Å². The van der Waals surface area contributed by atoms with Crippen LogP contribution < -0.4 is 0 Å². The number of benzene rings is 1. The lowest BCUT2D eigenvalue weighted by atomic mass is 9.76. The van der Waals surface area contributed by atoms with Crippen LogP contribution in [0.1, 0.15) is 26.3 Å². The first-order valence-corrected chi connectivity index (χ1v) is 5.87. The summed E-state index contributed by atoms with van der Waals surface area (Å²) in [4.78, 5) is 11.8. The Morgan fingerprint density at radius 2 is 1.83 bits per heavy atom. The molecule has 2 atom stereocenters. The molecule has 0 amide bonds. The minimum Gasteiger partial charge on any atom is -0.469 e. The standard InChI is InChI=1S/C14H19FO3/c1-9(2)12(13(16)18-4)14(3,17)10-5-7-11(15)8-6-10/h5-9,12,17H,1-4H3. The van der Waals surface area contributed by atoms with Crippen LogP contribution in [0.15, 0.2) is 24.3 Å². The lowest BCUT2D eigenvalue weighted by molar-refractivity contribution is -0.159. The average Bonchev–Trinajstić information content (AvgIpc) is 2.28. The lowest BCUT2D eigenvalue weighted by Gasteiger charge is -2.34. The number of esters is 1. The van der Waals surface area contributed by atoms with E-state index in [1.165, 1.54) is 31.4 Å². The summed E-state index contributed by atoms with van der Waals surface area (Å²) < 4.78 is 17.6. The van der Waals surface area contributed by atoms with E-state index in [2.05, 4.69) is 0 Å². The van der Waals surface area contributed by atoms with E-state index in [1.807, 2.05) is 13.8 Å². The highest BCUT2D eigenvalue weighted by atomic mass is 19.1.